The van der Waals surface area contributed by atoms with E-state index < -0.39 is 0 Å². The highest BCUT2D eigenvalue weighted by Crippen LogP contribution is 2.44. The maximum atomic E-state index is 11.8. The van der Waals surface area contributed by atoms with E-state index in [2.05, 4.69) is 25.9 Å². The van der Waals surface area contributed by atoms with Crippen LogP contribution < -0.4 is 10.1 Å². The average molecular weight is 443 g/mol. The second kappa shape index (κ2) is 8.20. The average Bonchev–Trinajstić information content (AvgIpc) is 3.48. The van der Waals surface area contributed by atoms with Crippen LogP contribution in [0.5, 0.6) is 5.75 Å². The summed E-state index contributed by atoms with van der Waals surface area (Å²) in [6.07, 6.45) is 0. The number of rotatable bonds is 5. The number of nitrogens with zero attached hydrogens (tertiary/aromatic N) is 4. The fourth-order valence-electron chi connectivity index (χ4n) is 3.59. The largest absolute Gasteiger partial charge is 0.497 e. The molecule has 0 aliphatic carbocycles. The van der Waals surface area contributed by atoms with Gasteiger partial charge in [0.1, 0.15) is 10.8 Å². The Morgan fingerprint density at radius 3 is 2.53 bits per heavy atom. The molecule has 0 radical (unpaired) electrons. The summed E-state index contributed by atoms with van der Waals surface area (Å²) in [4.78, 5) is 16.7. The molecule has 0 aliphatic heterocycles. The van der Waals surface area contributed by atoms with Crippen molar-refractivity contribution in [3.63, 3.8) is 0 Å². The van der Waals surface area contributed by atoms with Crippen LogP contribution in [-0.2, 0) is 4.79 Å². The number of hydrogen-bond acceptors (Lipinski definition) is 7. The maximum Gasteiger partial charge on any atom is 0.221 e. The highest BCUT2D eigenvalue weighted by molar-refractivity contribution is 7.21. The number of nitrogens with one attached hydrogen (secondary N) is 2. The standard InChI is InChI=1S/C23H18N6O2S/c1-13(30)24-15-11-17(14-7-9-16(31-2)10-8-14)21(18(12-15)22-26-28-29-27-22)23-25-19-5-3-4-6-20(19)32-23/h3-12H,1-2H3,(H,24,30)(H,26,27,28,29). The molecule has 8 nitrogen and oxygen atoms in total. The Morgan fingerprint density at radius 2 is 1.84 bits per heavy atom. The van der Waals surface area contributed by atoms with Gasteiger partial charge in [-0.2, -0.15) is 0 Å². The highest BCUT2D eigenvalue weighted by Gasteiger charge is 2.21. The van der Waals surface area contributed by atoms with Gasteiger partial charge in [0.2, 0.25) is 5.91 Å². The van der Waals surface area contributed by atoms with Gasteiger partial charge >= 0.3 is 0 Å². The molecule has 0 bridgehead atoms. The summed E-state index contributed by atoms with van der Waals surface area (Å²) in [6, 6.07) is 19.6. The molecule has 9 heteroatoms. The van der Waals surface area contributed by atoms with Crippen LogP contribution in [0.25, 0.3) is 43.3 Å². The molecule has 32 heavy (non-hydrogen) atoms. The highest BCUT2D eigenvalue weighted by atomic mass is 32.1. The zero-order valence-corrected chi connectivity index (χ0v) is 18.1. The Bertz CT molecular complexity index is 1380. The van der Waals surface area contributed by atoms with Gasteiger partial charge in [0.05, 0.1) is 17.3 Å². The Hall–Kier alpha value is -4.11. The number of thiazole rings is 1. The first-order valence-electron chi connectivity index (χ1n) is 9.82. The zero-order valence-electron chi connectivity index (χ0n) is 17.3. The molecule has 5 aromatic rings. The second-order valence-corrected chi connectivity index (χ2v) is 8.12. The molecule has 0 unspecified atom stereocenters. The van der Waals surface area contributed by atoms with Crippen LogP contribution in [0.2, 0.25) is 0 Å². The van der Waals surface area contributed by atoms with Gasteiger partial charge in [0.25, 0.3) is 0 Å². The van der Waals surface area contributed by atoms with E-state index in [9.17, 15) is 4.79 Å². The third-order valence-corrected chi connectivity index (χ3v) is 6.02. The van der Waals surface area contributed by atoms with E-state index in [1.807, 2.05) is 60.7 Å². The zero-order chi connectivity index (χ0) is 22.1. The van der Waals surface area contributed by atoms with E-state index >= 15 is 0 Å². The van der Waals surface area contributed by atoms with Crippen molar-refractivity contribution in [1.29, 1.82) is 0 Å². The Balaban J connectivity index is 1.82. The van der Waals surface area contributed by atoms with Crippen LogP contribution in [0.1, 0.15) is 6.92 Å². The molecule has 3 aromatic carbocycles. The number of H-pyrrole nitrogens is 1. The first kappa shape index (κ1) is 19.8. The number of aromatic amines is 1. The van der Waals surface area contributed by atoms with Crippen LogP contribution in [0.4, 0.5) is 5.69 Å². The molecule has 2 heterocycles. The number of carbonyl (C=O) groups is 1. The minimum Gasteiger partial charge on any atom is -0.497 e. The van der Waals surface area contributed by atoms with E-state index in [-0.39, 0.29) is 5.91 Å². The molecule has 0 spiro atoms. The van der Waals surface area contributed by atoms with Crippen molar-refractivity contribution in [2.45, 2.75) is 6.92 Å². The molecule has 2 aromatic heterocycles. The van der Waals surface area contributed by atoms with Gasteiger partial charge in [-0.1, -0.05) is 24.3 Å². The first-order chi connectivity index (χ1) is 15.6. The lowest BCUT2D eigenvalue weighted by atomic mass is 9.94. The number of anilines is 1. The molecule has 5 rings (SSSR count). The van der Waals surface area contributed by atoms with Gasteiger partial charge in [0, 0.05) is 23.7 Å². The number of fused-ring (bicyclic) bond motifs is 1. The number of tetrazole rings is 1. The molecule has 0 saturated carbocycles. The van der Waals surface area contributed by atoms with Crippen LogP contribution in [0, 0.1) is 0 Å². The predicted molar refractivity (Wildman–Crippen MR) is 125 cm³/mol. The van der Waals surface area contributed by atoms with Gasteiger partial charge in [-0.15, -0.1) is 16.4 Å². The fraction of sp³-hybridized carbons (Fsp3) is 0.0870. The van der Waals surface area contributed by atoms with Gasteiger partial charge in [-0.05, 0) is 58.0 Å². The molecule has 0 atom stereocenters. The Morgan fingerprint density at radius 1 is 1.06 bits per heavy atom. The van der Waals surface area contributed by atoms with Crippen molar-refractivity contribution in [2.75, 3.05) is 12.4 Å². The van der Waals surface area contributed by atoms with E-state index in [1.54, 1.807) is 18.4 Å². The number of methoxy groups -OCH3 is 1. The van der Waals surface area contributed by atoms with E-state index in [4.69, 9.17) is 9.72 Å². The van der Waals surface area contributed by atoms with Gasteiger partial charge in [0.15, 0.2) is 5.82 Å². The van der Waals surface area contributed by atoms with Gasteiger partial charge < -0.3 is 10.1 Å². The minimum atomic E-state index is -0.167. The Kier molecular flexibility index (Phi) is 5.08. The van der Waals surface area contributed by atoms with Gasteiger partial charge in [-0.25, -0.2) is 10.1 Å². The SMILES string of the molecule is COc1ccc(-c2cc(NC(C)=O)cc(-c3nnn[nH]3)c2-c2nc3ccccc3s2)cc1. The second-order valence-electron chi connectivity index (χ2n) is 7.09. The summed E-state index contributed by atoms with van der Waals surface area (Å²) >= 11 is 1.59. The summed E-state index contributed by atoms with van der Waals surface area (Å²) in [6.45, 7) is 1.48. The molecular weight excluding hydrogens is 424 g/mol. The first-order valence-corrected chi connectivity index (χ1v) is 10.6. The van der Waals surface area contributed by atoms with E-state index in [1.165, 1.54) is 6.92 Å². The maximum absolute atomic E-state index is 11.8. The number of hydrogen-bond donors (Lipinski definition) is 2. The normalized spacial score (nSPS) is 10.9. The third-order valence-electron chi connectivity index (χ3n) is 4.97. The van der Waals surface area contributed by atoms with E-state index in [0.29, 0.717) is 11.5 Å². The van der Waals surface area contributed by atoms with Crippen LogP contribution in [0.15, 0.2) is 60.7 Å². The lowest BCUT2D eigenvalue weighted by Gasteiger charge is -2.15. The molecular formula is C23H18N6O2S. The van der Waals surface area contributed by atoms with Crippen molar-refractivity contribution in [1.82, 2.24) is 25.6 Å². The molecule has 0 fully saturated rings. The van der Waals surface area contributed by atoms with E-state index in [0.717, 1.165) is 43.2 Å². The number of amides is 1. The number of carbonyl (C=O) groups excluding carboxylic acids is 1. The number of benzene rings is 3. The van der Waals surface area contributed by atoms with Crippen molar-refractivity contribution < 1.29 is 9.53 Å². The summed E-state index contributed by atoms with van der Waals surface area (Å²) in [5.74, 6) is 1.08. The summed E-state index contributed by atoms with van der Waals surface area (Å²) < 4.78 is 6.40. The monoisotopic (exact) mass is 442 g/mol. The summed E-state index contributed by atoms with van der Waals surface area (Å²) in [7, 11) is 1.63. The molecule has 158 valence electrons. The molecule has 2 N–H and O–H groups in total. The topological polar surface area (TPSA) is 106 Å². The summed E-state index contributed by atoms with van der Waals surface area (Å²) in [5, 5.41) is 18.2. The van der Waals surface area contributed by atoms with Crippen LogP contribution >= 0.6 is 11.3 Å². The smallest absolute Gasteiger partial charge is 0.221 e. The quantitative estimate of drug-likeness (QED) is 0.406. The summed E-state index contributed by atoms with van der Waals surface area (Å²) in [5.41, 5.74) is 5.01. The minimum absolute atomic E-state index is 0.167. The molecule has 0 aliphatic rings. The number of para-hydroxylation sites is 1. The van der Waals surface area contributed by atoms with Crippen molar-refractivity contribution in [3.05, 3.63) is 60.7 Å². The van der Waals surface area contributed by atoms with Crippen LogP contribution in [-0.4, -0.2) is 38.6 Å². The predicted octanol–water partition coefficient (Wildman–Crippen LogP) is 4.78. The molecule has 1 amide bonds. The number of aromatic nitrogens is 5. The van der Waals surface area contributed by atoms with Crippen molar-refractivity contribution in [2.24, 2.45) is 0 Å². The fourth-order valence-corrected chi connectivity index (χ4v) is 4.62. The lowest BCUT2D eigenvalue weighted by Crippen LogP contribution is -2.06. The number of ether oxygens (including phenoxy) is 1. The third kappa shape index (κ3) is 3.69. The lowest BCUT2D eigenvalue weighted by molar-refractivity contribution is -0.114. The molecule has 0 saturated heterocycles. The van der Waals surface area contributed by atoms with Crippen molar-refractivity contribution >= 4 is 33.1 Å². The van der Waals surface area contributed by atoms with Crippen molar-refractivity contribution in [3.8, 4) is 38.8 Å². The Labute approximate surface area is 187 Å². The van der Waals surface area contributed by atoms with Crippen LogP contribution in [0.3, 0.4) is 0 Å². The van der Waals surface area contributed by atoms with Gasteiger partial charge in [-0.3, -0.25) is 4.79 Å².